The Balaban J connectivity index is 2.97. The van der Waals surface area contributed by atoms with Crippen molar-refractivity contribution in [3.8, 4) is 0 Å². The maximum absolute atomic E-state index is 11.0. The van der Waals surface area contributed by atoms with Crippen LogP contribution in [0.5, 0.6) is 0 Å². The van der Waals surface area contributed by atoms with Crippen LogP contribution in [0, 0.1) is 0 Å². The average Bonchev–Trinajstić information content (AvgIpc) is 1.99. The third kappa shape index (κ3) is 4.22. The third-order valence-electron chi connectivity index (χ3n) is 1.78. The molecule has 1 rings (SSSR count). The highest BCUT2D eigenvalue weighted by molar-refractivity contribution is 9.11. The van der Waals surface area contributed by atoms with Crippen molar-refractivity contribution >= 4 is 41.7 Å². The molecule has 0 saturated heterocycles. The van der Waals surface area contributed by atoms with Crippen molar-refractivity contribution < 1.29 is 13.5 Å². The van der Waals surface area contributed by atoms with Crippen LogP contribution in [0.25, 0.3) is 0 Å². The molecule has 0 aromatic heterocycles. The molecule has 3 nitrogen and oxygen atoms in total. The minimum atomic E-state index is -3.18. The Hall–Kier alpha value is 0.0900. The van der Waals surface area contributed by atoms with Crippen LogP contribution >= 0.6 is 31.9 Å². The number of hydrogen-bond acceptors (Lipinski definition) is 3. The SMILES string of the molecule is CS(=O)(=O)CC(O)c1ccc(Br)cc1Br. The first-order valence-corrected chi connectivity index (χ1v) is 7.75. The second-order valence-electron chi connectivity index (χ2n) is 3.27. The maximum atomic E-state index is 11.0. The summed E-state index contributed by atoms with van der Waals surface area (Å²) in [6.07, 6.45) is 0.102. The zero-order chi connectivity index (χ0) is 11.6. The summed E-state index contributed by atoms with van der Waals surface area (Å²) in [5.41, 5.74) is 0.573. The molecule has 0 radical (unpaired) electrons. The van der Waals surface area contributed by atoms with E-state index in [9.17, 15) is 13.5 Å². The molecule has 1 aromatic carbocycles. The van der Waals surface area contributed by atoms with Crippen molar-refractivity contribution in [1.29, 1.82) is 0 Å². The van der Waals surface area contributed by atoms with Crippen LogP contribution in [-0.4, -0.2) is 25.5 Å². The van der Waals surface area contributed by atoms with E-state index in [-0.39, 0.29) is 5.75 Å². The molecular weight excluding hydrogens is 348 g/mol. The number of hydrogen-bond donors (Lipinski definition) is 1. The minimum absolute atomic E-state index is 0.271. The van der Waals surface area contributed by atoms with Gasteiger partial charge in [0.05, 0.1) is 11.9 Å². The smallest absolute Gasteiger partial charge is 0.150 e. The van der Waals surface area contributed by atoms with Gasteiger partial charge in [0.25, 0.3) is 0 Å². The minimum Gasteiger partial charge on any atom is -0.387 e. The molecular formula is C9H10Br2O3S. The molecule has 0 aliphatic carbocycles. The first-order valence-electron chi connectivity index (χ1n) is 4.10. The number of sulfone groups is 1. The van der Waals surface area contributed by atoms with Crippen LogP contribution < -0.4 is 0 Å². The molecule has 1 unspecified atom stereocenters. The van der Waals surface area contributed by atoms with E-state index in [2.05, 4.69) is 31.9 Å². The lowest BCUT2D eigenvalue weighted by Gasteiger charge is -2.11. The molecule has 0 amide bonds. The van der Waals surface area contributed by atoms with Crippen LogP contribution in [0.1, 0.15) is 11.7 Å². The summed E-state index contributed by atoms with van der Waals surface area (Å²) in [6.45, 7) is 0. The summed E-state index contributed by atoms with van der Waals surface area (Å²) in [7, 11) is -3.18. The Morgan fingerprint density at radius 3 is 2.47 bits per heavy atom. The van der Waals surface area contributed by atoms with Gasteiger partial charge in [0.1, 0.15) is 9.84 Å². The van der Waals surface area contributed by atoms with Gasteiger partial charge in [-0.1, -0.05) is 37.9 Å². The summed E-state index contributed by atoms with van der Waals surface area (Å²) in [6, 6.07) is 5.20. The number of benzene rings is 1. The second kappa shape index (κ2) is 4.95. The second-order valence-corrected chi connectivity index (χ2v) is 7.23. The van der Waals surface area contributed by atoms with Crippen LogP contribution in [0.2, 0.25) is 0 Å². The molecule has 0 saturated carbocycles. The Morgan fingerprint density at radius 2 is 2.00 bits per heavy atom. The Morgan fingerprint density at radius 1 is 1.40 bits per heavy atom. The summed E-state index contributed by atoms with van der Waals surface area (Å²) in [4.78, 5) is 0. The van der Waals surface area contributed by atoms with Gasteiger partial charge in [-0.3, -0.25) is 0 Å². The van der Waals surface area contributed by atoms with Gasteiger partial charge in [0, 0.05) is 15.2 Å². The Bertz CT molecular complexity index is 456. The molecule has 15 heavy (non-hydrogen) atoms. The molecule has 0 aliphatic rings. The topological polar surface area (TPSA) is 54.4 Å². The van der Waals surface area contributed by atoms with Gasteiger partial charge in [0.15, 0.2) is 0 Å². The quantitative estimate of drug-likeness (QED) is 0.902. The van der Waals surface area contributed by atoms with Gasteiger partial charge in [-0.25, -0.2) is 8.42 Å². The number of rotatable bonds is 3. The van der Waals surface area contributed by atoms with Crippen molar-refractivity contribution in [2.75, 3.05) is 12.0 Å². The van der Waals surface area contributed by atoms with Gasteiger partial charge in [-0.05, 0) is 17.7 Å². The lowest BCUT2D eigenvalue weighted by molar-refractivity contribution is 0.201. The Labute approximate surface area is 106 Å². The van der Waals surface area contributed by atoms with Crippen molar-refractivity contribution in [2.24, 2.45) is 0 Å². The van der Waals surface area contributed by atoms with E-state index in [0.717, 1.165) is 10.7 Å². The molecule has 0 fully saturated rings. The molecule has 0 aliphatic heterocycles. The molecule has 6 heteroatoms. The van der Waals surface area contributed by atoms with Crippen LogP contribution in [0.4, 0.5) is 0 Å². The molecule has 1 N–H and O–H groups in total. The van der Waals surface area contributed by atoms with Crippen molar-refractivity contribution in [3.63, 3.8) is 0 Å². The fourth-order valence-electron chi connectivity index (χ4n) is 1.15. The first kappa shape index (κ1) is 13.2. The van der Waals surface area contributed by atoms with E-state index in [1.54, 1.807) is 18.2 Å². The molecule has 1 atom stereocenters. The number of aliphatic hydroxyl groups is 1. The standard InChI is InChI=1S/C9H10Br2O3S/c1-15(13,14)5-9(12)7-3-2-6(10)4-8(7)11/h2-4,9,12H,5H2,1H3. The van der Waals surface area contributed by atoms with Gasteiger partial charge < -0.3 is 5.11 Å². The number of halogens is 2. The van der Waals surface area contributed by atoms with Gasteiger partial charge in [-0.2, -0.15) is 0 Å². The molecule has 0 bridgehead atoms. The first-order chi connectivity index (χ1) is 6.79. The zero-order valence-corrected chi connectivity index (χ0v) is 11.9. The monoisotopic (exact) mass is 356 g/mol. The van der Waals surface area contributed by atoms with E-state index in [0.29, 0.717) is 10.0 Å². The highest BCUT2D eigenvalue weighted by atomic mass is 79.9. The lowest BCUT2D eigenvalue weighted by Crippen LogP contribution is -2.13. The van der Waals surface area contributed by atoms with E-state index >= 15 is 0 Å². The molecule has 0 heterocycles. The average molecular weight is 358 g/mol. The molecule has 84 valence electrons. The highest BCUT2D eigenvalue weighted by Gasteiger charge is 2.16. The fourth-order valence-corrected chi connectivity index (χ4v) is 3.21. The largest absolute Gasteiger partial charge is 0.387 e. The van der Waals surface area contributed by atoms with Crippen LogP contribution in [0.3, 0.4) is 0 Å². The number of aliphatic hydroxyl groups excluding tert-OH is 1. The normalized spacial score (nSPS) is 13.9. The highest BCUT2D eigenvalue weighted by Crippen LogP contribution is 2.27. The molecule has 0 spiro atoms. The van der Waals surface area contributed by atoms with Crippen molar-refractivity contribution in [2.45, 2.75) is 6.10 Å². The summed E-state index contributed by atoms with van der Waals surface area (Å²) >= 11 is 6.55. The summed E-state index contributed by atoms with van der Waals surface area (Å²) in [5, 5.41) is 9.70. The van der Waals surface area contributed by atoms with Crippen LogP contribution in [-0.2, 0) is 9.84 Å². The van der Waals surface area contributed by atoms with E-state index in [1.807, 2.05) is 0 Å². The van der Waals surface area contributed by atoms with Gasteiger partial charge >= 0.3 is 0 Å². The third-order valence-corrected chi connectivity index (χ3v) is 3.88. The van der Waals surface area contributed by atoms with Gasteiger partial charge in [-0.15, -0.1) is 0 Å². The van der Waals surface area contributed by atoms with Crippen LogP contribution in [0.15, 0.2) is 27.1 Å². The summed E-state index contributed by atoms with van der Waals surface area (Å²) < 4.78 is 23.6. The predicted octanol–water partition coefficient (Wildman–Crippen LogP) is 2.29. The fraction of sp³-hybridized carbons (Fsp3) is 0.333. The maximum Gasteiger partial charge on any atom is 0.150 e. The molecule has 1 aromatic rings. The predicted molar refractivity (Wildman–Crippen MR) is 66.5 cm³/mol. The van der Waals surface area contributed by atoms with Crippen molar-refractivity contribution in [1.82, 2.24) is 0 Å². The van der Waals surface area contributed by atoms with E-state index in [1.165, 1.54) is 0 Å². The lowest BCUT2D eigenvalue weighted by atomic mass is 10.1. The zero-order valence-electron chi connectivity index (χ0n) is 7.94. The Kier molecular flexibility index (Phi) is 4.34. The van der Waals surface area contributed by atoms with E-state index < -0.39 is 15.9 Å². The summed E-state index contributed by atoms with van der Waals surface area (Å²) in [5.74, 6) is -0.271. The van der Waals surface area contributed by atoms with E-state index in [4.69, 9.17) is 0 Å². The van der Waals surface area contributed by atoms with Gasteiger partial charge in [0.2, 0.25) is 0 Å². The van der Waals surface area contributed by atoms with Crippen molar-refractivity contribution in [3.05, 3.63) is 32.7 Å².